The monoisotopic (exact) mass is 257 g/mol. The van der Waals surface area contributed by atoms with E-state index in [1.165, 1.54) is 43.5 Å². The van der Waals surface area contributed by atoms with Crippen LogP contribution in [0.2, 0.25) is 0 Å². The summed E-state index contributed by atoms with van der Waals surface area (Å²) in [5.41, 5.74) is 6.20. The van der Waals surface area contributed by atoms with Crippen LogP contribution in [-0.2, 0) is 0 Å². The van der Waals surface area contributed by atoms with E-state index >= 15 is 0 Å². The Hall–Kier alpha value is -1.24. The third-order valence-corrected chi connectivity index (χ3v) is 4.21. The van der Waals surface area contributed by atoms with Crippen molar-refractivity contribution in [2.75, 3.05) is 13.1 Å². The summed E-state index contributed by atoms with van der Waals surface area (Å²) in [6.07, 6.45) is 15.4. The van der Waals surface area contributed by atoms with Crippen molar-refractivity contribution in [1.29, 1.82) is 0 Å². The van der Waals surface area contributed by atoms with Gasteiger partial charge < -0.3 is 4.90 Å². The van der Waals surface area contributed by atoms with Gasteiger partial charge in [-0.1, -0.05) is 38.2 Å². The van der Waals surface area contributed by atoms with E-state index in [0.29, 0.717) is 0 Å². The van der Waals surface area contributed by atoms with Gasteiger partial charge >= 0.3 is 0 Å². The van der Waals surface area contributed by atoms with Gasteiger partial charge in [-0.3, -0.25) is 0 Å². The molecule has 0 radical (unpaired) electrons. The Morgan fingerprint density at radius 2 is 2.16 bits per heavy atom. The smallest absolute Gasteiger partial charge is 0.0391 e. The molecule has 0 amide bonds. The van der Waals surface area contributed by atoms with Gasteiger partial charge in [-0.25, -0.2) is 0 Å². The highest BCUT2D eigenvalue weighted by atomic mass is 15.1. The first kappa shape index (κ1) is 14.2. The lowest BCUT2D eigenvalue weighted by Gasteiger charge is -2.34. The number of hydrogen-bond acceptors (Lipinski definition) is 1. The van der Waals surface area contributed by atoms with Crippen molar-refractivity contribution in [1.82, 2.24) is 4.90 Å². The first-order valence-electron chi connectivity index (χ1n) is 7.76. The third kappa shape index (κ3) is 3.40. The second-order valence-electron chi connectivity index (χ2n) is 5.50. The predicted octanol–water partition coefficient (Wildman–Crippen LogP) is 4.99. The van der Waals surface area contributed by atoms with Gasteiger partial charge in [0, 0.05) is 18.8 Å². The van der Waals surface area contributed by atoms with Gasteiger partial charge in [-0.05, 0) is 55.7 Å². The molecule has 0 atom stereocenters. The highest BCUT2D eigenvalue weighted by Gasteiger charge is 2.19. The molecule has 0 N–H and O–H groups in total. The van der Waals surface area contributed by atoms with Crippen molar-refractivity contribution in [3.63, 3.8) is 0 Å². The Morgan fingerprint density at radius 1 is 1.32 bits per heavy atom. The van der Waals surface area contributed by atoms with Crippen molar-refractivity contribution in [2.24, 2.45) is 0 Å². The van der Waals surface area contributed by atoms with Crippen LogP contribution in [0.25, 0.3) is 0 Å². The molecule has 0 fully saturated rings. The Bertz CT molecular complexity index is 435. The molecular formula is C18H27N. The van der Waals surface area contributed by atoms with E-state index in [4.69, 9.17) is 0 Å². The minimum atomic E-state index is 1.12. The molecule has 1 aliphatic heterocycles. The molecule has 0 aromatic rings. The average Bonchev–Trinajstić information content (AvgIpc) is 2.47. The molecule has 1 nitrogen and oxygen atoms in total. The van der Waals surface area contributed by atoms with Crippen LogP contribution in [0, 0.1) is 0 Å². The van der Waals surface area contributed by atoms with E-state index in [1.54, 1.807) is 11.1 Å². The van der Waals surface area contributed by atoms with Crippen LogP contribution in [0.3, 0.4) is 0 Å². The molecule has 0 saturated heterocycles. The number of rotatable bonds is 4. The van der Waals surface area contributed by atoms with Gasteiger partial charge in [0.25, 0.3) is 0 Å². The number of nitrogens with zero attached hydrogens (tertiary/aromatic N) is 1. The van der Waals surface area contributed by atoms with E-state index in [2.05, 4.69) is 50.0 Å². The summed E-state index contributed by atoms with van der Waals surface area (Å²) < 4.78 is 0. The number of hydrogen-bond donors (Lipinski definition) is 0. The summed E-state index contributed by atoms with van der Waals surface area (Å²) in [5.74, 6) is 0. The molecule has 0 bridgehead atoms. The van der Waals surface area contributed by atoms with Crippen LogP contribution in [0.5, 0.6) is 0 Å². The summed E-state index contributed by atoms with van der Waals surface area (Å²) in [4.78, 5) is 2.54. The quantitative estimate of drug-likeness (QED) is 0.686. The maximum Gasteiger partial charge on any atom is 0.0391 e. The molecule has 1 aliphatic carbocycles. The predicted molar refractivity (Wildman–Crippen MR) is 84.0 cm³/mol. The highest BCUT2D eigenvalue weighted by molar-refractivity contribution is 5.45. The van der Waals surface area contributed by atoms with Gasteiger partial charge in [0.05, 0.1) is 0 Å². The second kappa shape index (κ2) is 6.79. The Kier molecular flexibility index (Phi) is 5.07. The fourth-order valence-electron chi connectivity index (χ4n) is 3.06. The minimum absolute atomic E-state index is 1.12. The second-order valence-corrected chi connectivity index (χ2v) is 5.50. The maximum absolute atomic E-state index is 2.54. The summed E-state index contributed by atoms with van der Waals surface area (Å²) in [5, 5.41) is 0. The standard InChI is InChI=1S/C18H27N/c1-4-9-15(3)19-13-12-18(16(5-2)14-19)17-10-7-6-8-11-17/h7,9-11H,4-6,8,12-14H2,1-3H3/b15-9-. The molecular weight excluding hydrogens is 230 g/mol. The lowest BCUT2D eigenvalue weighted by Crippen LogP contribution is -2.30. The Morgan fingerprint density at radius 3 is 2.79 bits per heavy atom. The molecule has 0 unspecified atom stereocenters. The zero-order chi connectivity index (χ0) is 13.7. The molecule has 0 spiro atoms. The van der Waals surface area contributed by atoms with Crippen LogP contribution >= 0.6 is 0 Å². The van der Waals surface area contributed by atoms with Crippen molar-refractivity contribution in [2.45, 2.75) is 52.9 Å². The molecule has 2 aliphatic rings. The zero-order valence-corrected chi connectivity index (χ0v) is 12.7. The molecule has 0 saturated carbocycles. The molecule has 1 heterocycles. The first-order chi connectivity index (χ1) is 9.26. The fraction of sp³-hybridized carbons (Fsp3) is 0.556. The van der Waals surface area contributed by atoms with E-state index in [1.807, 2.05) is 0 Å². The van der Waals surface area contributed by atoms with Crippen molar-refractivity contribution < 1.29 is 0 Å². The molecule has 0 aromatic heterocycles. The summed E-state index contributed by atoms with van der Waals surface area (Å²) >= 11 is 0. The van der Waals surface area contributed by atoms with Crippen LogP contribution in [-0.4, -0.2) is 18.0 Å². The van der Waals surface area contributed by atoms with Crippen LogP contribution in [0.15, 0.2) is 46.7 Å². The lowest BCUT2D eigenvalue weighted by atomic mass is 9.89. The minimum Gasteiger partial charge on any atom is -0.371 e. The Labute approximate surface area is 118 Å². The largest absolute Gasteiger partial charge is 0.371 e. The lowest BCUT2D eigenvalue weighted by molar-refractivity contribution is 0.354. The summed E-state index contributed by atoms with van der Waals surface area (Å²) in [6.45, 7) is 9.06. The zero-order valence-electron chi connectivity index (χ0n) is 12.7. The van der Waals surface area contributed by atoms with Gasteiger partial charge in [-0.2, -0.15) is 0 Å². The normalized spacial score (nSPS) is 20.9. The molecule has 1 heteroatoms. The van der Waals surface area contributed by atoms with Crippen molar-refractivity contribution >= 4 is 0 Å². The Balaban J connectivity index is 2.18. The van der Waals surface area contributed by atoms with Gasteiger partial charge in [0.1, 0.15) is 0 Å². The van der Waals surface area contributed by atoms with Crippen LogP contribution in [0.4, 0.5) is 0 Å². The fourth-order valence-corrected chi connectivity index (χ4v) is 3.06. The number of allylic oxidation sites excluding steroid dienone is 6. The molecule has 0 aromatic carbocycles. The van der Waals surface area contributed by atoms with E-state index < -0.39 is 0 Å². The maximum atomic E-state index is 2.54. The van der Waals surface area contributed by atoms with Gasteiger partial charge in [-0.15, -0.1) is 0 Å². The summed E-state index contributed by atoms with van der Waals surface area (Å²) in [7, 11) is 0. The topological polar surface area (TPSA) is 3.24 Å². The SMILES string of the molecule is CC/C=C(/C)N1CCC(C2=CCCC=C2)=C(CC)C1. The van der Waals surface area contributed by atoms with Crippen molar-refractivity contribution in [3.8, 4) is 0 Å². The van der Waals surface area contributed by atoms with E-state index in [9.17, 15) is 0 Å². The van der Waals surface area contributed by atoms with Gasteiger partial charge in [0.15, 0.2) is 0 Å². The van der Waals surface area contributed by atoms with Crippen molar-refractivity contribution in [3.05, 3.63) is 46.7 Å². The van der Waals surface area contributed by atoms with Gasteiger partial charge in [0.2, 0.25) is 0 Å². The molecule has 19 heavy (non-hydrogen) atoms. The molecule has 2 rings (SSSR count). The van der Waals surface area contributed by atoms with E-state index in [-0.39, 0.29) is 0 Å². The summed E-state index contributed by atoms with van der Waals surface area (Å²) in [6, 6.07) is 0. The third-order valence-electron chi connectivity index (χ3n) is 4.21. The highest BCUT2D eigenvalue weighted by Crippen LogP contribution is 2.30. The van der Waals surface area contributed by atoms with Crippen LogP contribution < -0.4 is 0 Å². The van der Waals surface area contributed by atoms with Crippen LogP contribution in [0.1, 0.15) is 52.9 Å². The first-order valence-corrected chi connectivity index (χ1v) is 7.76. The average molecular weight is 257 g/mol. The van der Waals surface area contributed by atoms with E-state index in [0.717, 1.165) is 13.0 Å². The molecule has 104 valence electrons.